The molecule has 1 aromatic heterocycles. The molecule has 3 aliphatic heterocycles. The number of alkyl halides is 2. The molecular formula is C27H32F4N4. The van der Waals surface area contributed by atoms with Crippen molar-refractivity contribution in [2.24, 2.45) is 5.41 Å². The van der Waals surface area contributed by atoms with Crippen molar-refractivity contribution < 1.29 is 17.6 Å². The number of hydrogen-bond donors (Lipinski definition) is 2. The Labute approximate surface area is 203 Å². The number of aromatic amines is 1. The van der Waals surface area contributed by atoms with Gasteiger partial charge in [-0.25, -0.2) is 17.6 Å². The van der Waals surface area contributed by atoms with Crippen LogP contribution in [0, 0.1) is 17.0 Å². The van der Waals surface area contributed by atoms with E-state index < -0.39 is 17.6 Å². The van der Waals surface area contributed by atoms with Gasteiger partial charge in [0, 0.05) is 72.9 Å². The largest absolute Gasteiger partial charge is 0.370 e. The summed E-state index contributed by atoms with van der Waals surface area (Å²) in [5, 5.41) is 4.56. The van der Waals surface area contributed by atoms with Gasteiger partial charge in [0.25, 0.3) is 5.92 Å². The van der Waals surface area contributed by atoms with Crippen LogP contribution in [0.15, 0.2) is 42.5 Å². The standard InChI is InChI=1S/C15H18F2N2.C12H14F2N2/c1-10-7-12-11-5-3-4-6-13(11)18-14(12)8-19(10)9-15(2,16)17;13-9-3-10(14)5-11(4-9)16-7-12(8-16)1-2-15-6-12/h3-6,10,18H,7-9H2,1-2H3;3-5,15H,1-2,6-8H2. The Morgan fingerprint density at radius 2 is 1.80 bits per heavy atom. The maximum atomic E-state index is 13.2. The first-order chi connectivity index (χ1) is 16.6. The summed E-state index contributed by atoms with van der Waals surface area (Å²) in [5.41, 5.74) is 4.49. The molecule has 3 aromatic rings. The molecule has 2 aromatic carbocycles. The normalized spacial score (nSPS) is 21.5. The minimum Gasteiger partial charge on any atom is -0.370 e. The highest BCUT2D eigenvalue weighted by Gasteiger charge is 2.45. The van der Waals surface area contributed by atoms with E-state index in [0.29, 0.717) is 17.6 Å². The highest BCUT2D eigenvalue weighted by Crippen LogP contribution is 2.39. The molecule has 1 unspecified atom stereocenters. The van der Waals surface area contributed by atoms with E-state index in [0.717, 1.165) is 56.8 Å². The zero-order chi connectivity index (χ0) is 24.8. The van der Waals surface area contributed by atoms with Gasteiger partial charge in [-0.2, -0.15) is 0 Å². The number of hydrogen-bond acceptors (Lipinski definition) is 3. The molecule has 0 aliphatic carbocycles. The van der Waals surface area contributed by atoms with Gasteiger partial charge >= 0.3 is 0 Å². The third-order valence-electron chi connectivity index (χ3n) is 7.46. The van der Waals surface area contributed by atoms with E-state index in [2.05, 4.69) is 16.4 Å². The fourth-order valence-corrected chi connectivity index (χ4v) is 5.71. The fourth-order valence-electron chi connectivity index (χ4n) is 5.71. The molecule has 2 N–H and O–H groups in total. The van der Waals surface area contributed by atoms with E-state index in [1.165, 1.54) is 29.5 Å². The first kappa shape index (κ1) is 24.1. The molecule has 1 spiro atoms. The smallest absolute Gasteiger partial charge is 0.257 e. The zero-order valence-electron chi connectivity index (χ0n) is 20.2. The molecule has 35 heavy (non-hydrogen) atoms. The summed E-state index contributed by atoms with van der Waals surface area (Å²) in [6.07, 6.45) is 2.00. The molecule has 3 aliphatic rings. The van der Waals surface area contributed by atoms with Gasteiger partial charge in [-0.15, -0.1) is 0 Å². The van der Waals surface area contributed by atoms with Crippen LogP contribution in [0.25, 0.3) is 10.9 Å². The van der Waals surface area contributed by atoms with Crippen LogP contribution in [-0.2, 0) is 13.0 Å². The summed E-state index contributed by atoms with van der Waals surface area (Å²) in [6.45, 7) is 7.31. The minimum atomic E-state index is -2.64. The molecule has 8 heteroatoms. The molecule has 2 saturated heterocycles. The van der Waals surface area contributed by atoms with Gasteiger partial charge in [-0.3, -0.25) is 4.90 Å². The number of halogens is 4. The van der Waals surface area contributed by atoms with Crippen molar-refractivity contribution in [2.75, 3.05) is 37.6 Å². The van der Waals surface area contributed by atoms with Gasteiger partial charge in [0.15, 0.2) is 0 Å². The number of benzene rings is 2. The topological polar surface area (TPSA) is 34.3 Å². The highest BCUT2D eigenvalue weighted by molar-refractivity contribution is 5.84. The van der Waals surface area contributed by atoms with E-state index in [1.54, 1.807) is 0 Å². The predicted octanol–water partition coefficient (Wildman–Crippen LogP) is 5.33. The molecule has 6 rings (SSSR count). The van der Waals surface area contributed by atoms with Crippen molar-refractivity contribution in [2.45, 2.75) is 45.2 Å². The first-order valence-electron chi connectivity index (χ1n) is 12.2. The van der Waals surface area contributed by atoms with Gasteiger partial charge < -0.3 is 15.2 Å². The van der Waals surface area contributed by atoms with Crippen LogP contribution in [0.1, 0.15) is 31.5 Å². The molecular weight excluding hydrogens is 456 g/mol. The quantitative estimate of drug-likeness (QED) is 0.489. The summed E-state index contributed by atoms with van der Waals surface area (Å²) in [6, 6.07) is 12.0. The molecule has 0 amide bonds. The van der Waals surface area contributed by atoms with Crippen LogP contribution in [-0.4, -0.2) is 54.6 Å². The number of nitrogens with one attached hydrogen (secondary N) is 2. The van der Waals surface area contributed by atoms with Crippen LogP contribution in [0.5, 0.6) is 0 Å². The van der Waals surface area contributed by atoms with Crippen LogP contribution < -0.4 is 10.2 Å². The van der Waals surface area contributed by atoms with Crippen LogP contribution in [0.3, 0.4) is 0 Å². The monoisotopic (exact) mass is 488 g/mol. The molecule has 1 atom stereocenters. The number of aromatic nitrogens is 1. The second-order valence-corrected chi connectivity index (χ2v) is 10.6. The van der Waals surface area contributed by atoms with Gasteiger partial charge in [0.05, 0.1) is 6.54 Å². The van der Waals surface area contributed by atoms with Gasteiger partial charge in [0.1, 0.15) is 11.6 Å². The highest BCUT2D eigenvalue weighted by atomic mass is 19.3. The van der Waals surface area contributed by atoms with Gasteiger partial charge in [0.2, 0.25) is 0 Å². The van der Waals surface area contributed by atoms with Crippen LogP contribution in [0.2, 0.25) is 0 Å². The Kier molecular flexibility index (Phi) is 6.30. The molecule has 0 bridgehead atoms. The summed E-state index contributed by atoms with van der Waals surface area (Å²) in [5.74, 6) is -3.64. The van der Waals surface area contributed by atoms with Crippen molar-refractivity contribution in [3.8, 4) is 0 Å². The average molecular weight is 489 g/mol. The third kappa shape index (κ3) is 5.19. The Hall–Kier alpha value is -2.58. The lowest BCUT2D eigenvalue weighted by Gasteiger charge is -2.49. The summed E-state index contributed by atoms with van der Waals surface area (Å²) in [4.78, 5) is 7.27. The molecule has 188 valence electrons. The Morgan fingerprint density at radius 3 is 2.46 bits per heavy atom. The Bertz CT molecular complexity index is 1170. The Morgan fingerprint density at radius 1 is 1.09 bits per heavy atom. The number of para-hydroxylation sites is 1. The van der Waals surface area contributed by atoms with E-state index in [4.69, 9.17) is 0 Å². The lowest BCUT2D eigenvalue weighted by molar-refractivity contribution is -0.0293. The SMILES string of the molecule is CC1Cc2c([nH]c3ccccc23)CN1CC(C)(F)F.Fc1cc(F)cc(N2CC3(CCNC3)C2)c1. The lowest BCUT2D eigenvalue weighted by atomic mass is 9.79. The van der Waals surface area contributed by atoms with Crippen molar-refractivity contribution >= 4 is 16.6 Å². The van der Waals surface area contributed by atoms with Crippen LogP contribution >= 0.6 is 0 Å². The predicted molar refractivity (Wildman–Crippen MR) is 131 cm³/mol. The lowest BCUT2D eigenvalue weighted by Crippen LogP contribution is -2.57. The van der Waals surface area contributed by atoms with Gasteiger partial charge in [-0.05, 0) is 50.1 Å². The maximum Gasteiger partial charge on any atom is 0.257 e. The second-order valence-electron chi connectivity index (χ2n) is 10.6. The van der Waals surface area contributed by atoms with Crippen molar-refractivity contribution in [3.05, 3.63) is 65.4 Å². The Balaban J connectivity index is 0.000000147. The third-order valence-corrected chi connectivity index (χ3v) is 7.46. The maximum absolute atomic E-state index is 13.2. The summed E-state index contributed by atoms with van der Waals surface area (Å²) >= 11 is 0. The number of H-pyrrole nitrogens is 1. The van der Waals surface area contributed by atoms with Gasteiger partial charge in [-0.1, -0.05) is 18.2 Å². The molecule has 4 nitrogen and oxygen atoms in total. The fraction of sp³-hybridized carbons (Fsp3) is 0.481. The van der Waals surface area contributed by atoms with E-state index in [-0.39, 0.29) is 12.6 Å². The first-order valence-corrected chi connectivity index (χ1v) is 12.2. The zero-order valence-corrected chi connectivity index (χ0v) is 20.2. The molecule has 0 saturated carbocycles. The van der Waals surface area contributed by atoms with Crippen molar-refractivity contribution in [1.29, 1.82) is 0 Å². The van der Waals surface area contributed by atoms with E-state index in [9.17, 15) is 17.6 Å². The van der Waals surface area contributed by atoms with Crippen molar-refractivity contribution in [3.63, 3.8) is 0 Å². The van der Waals surface area contributed by atoms with Crippen LogP contribution in [0.4, 0.5) is 23.2 Å². The number of rotatable bonds is 3. The van der Waals surface area contributed by atoms with E-state index in [1.807, 2.05) is 34.9 Å². The number of nitrogens with zero attached hydrogens (tertiary/aromatic N) is 2. The number of anilines is 1. The minimum absolute atomic E-state index is 0.150. The average Bonchev–Trinajstić information content (AvgIpc) is 3.37. The van der Waals surface area contributed by atoms with E-state index >= 15 is 0 Å². The molecule has 2 fully saturated rings. The summed E-state index contributed by atoms with van der Waals surface area (Å²) < 4.78 is 52.5. The van der Waals surface area contributed by atoms with Crippen molar-refractivity contribution in [1.82, 2.24) is 15.2 Å². The summed E-state index contributed by atoms with van der Waals surface area (Å²) in [7, 11) is 0. The number of fused-ring (bicyclic) bond motifs is 3. The molecule has 4 heterocycles. The second kappa shape index (κ2) is 9.13. The molecule has 0 radical (unpaired) electrons.